The average molecular weight is 496 g/mol. The number of carbonyl (C=O) groups is 1. The van der Waals surface area contributed by atoms with Gasteiger partial charge in [0.1, 0.15) is 17.3 Å². The summed E-state index contributed by atoms with van der Waals surface area (Å²) in [4.78, 5) is 15.0. The van der Waals surface area contributed by atoms with E-state index in [1.807, 2.05) is 35.6 Å². The number of amides is 1. The van der Waals surface area contributed by atoms with E-state index in [4.69, 9.17) is 13.9 Å². The molecule has 7 nitrogen and oxygen atoms in total. The number of rotatable bonds is 7. The standard InChI is InChI=1S/C28H34FN3O4/c1-20-17-21(2)32(30-20)19-25-7-8-26(36-25)27(33)31-13-11-28(12-14-31)18-22(10-16-35-28)9-15-34-24-5-3-23(29)4-6-24/h3-8,17,22H,9-16,18-19H2,1-2H3. The van der Waals surface area contributed by atoms with Gasteiger partial charge in [0.25, 0.3) is 5.91 Å². The van der Waals surface area contributed by atoms with Crippen molar-refractivity contribution in [2.45, 2.75) is 58.1 Å². The van der Waals surface area contributed by atoms with Crippen molar-refractivity contribution in [1.29, 1.82) is 0 Å². The fourth-order valence-corrected chi connectivity index (χ4v) is 5.43. The second-order valence-electron chi connectivity index (χ2n) is 10.1. The lowest BCUT2D eigenvalue weighted by molar-refractivity contribution is -0.125. The molecule has 1 spiro atoms. The van der Waals surface area contributed by atoms with E-state index in [-0.39, 0.29) is 17.3 Å². The van der Waals surface area contributed by atoms with Crippen LogP contribution in [0.5, 0.6) is 5.75 Å². The van der Waals surface area contributed by atoms with E-state index in [0.29, 0.717) is 43.7 Å². The number of ether oxygens (including phenoxy) is 2. The first kappa shape index (κ1) is 24.6. The smallest absolute Gasteiger partial charge is 0.289 e. The highest BCUT2D eigenvalue weighted by Gasteiger charge is 2.41. The molecule has 1 unspecified atom stereocenters. The highest BCUT2D eigenvalue weighted by atomic mass is 19.1. The molecule has 0 saturated carbocycles. The fourth-order valence-electron chi connectivity index (χ4n) is 5.43. The maximum absolute atomic E-state index is 13.1. The van der Waals surface area contributed by atoms with Gasteiger partial charge in [0, 0.05) is 25.4 Å². The molecule has 0 aliphatic carbocycles. The van der Waals surface area contributed by atoms with E-state index in [9.17, 15) is 9.18 Å². The number of hydrogen-bond donors (Lipinski definition) is 0. The Bertz CT molecular complexity index is 1180. The normalized spacial score (nSPS) is 19.5. The summed E-state index contributed by atoms with van der Waals surface area (Å²) in [5.41, 5.74) is 1.86. The number of furan rings is 1. The van der Waals surface area contributed by atoms with Crippen LogP contribution in [0.2, 0.25) is 0 Å². The number of benzene rings is 1. The van der Waals surface area contributed by atoms with Crippen molar-refractivity contribution in [3.63, 3.8) is 0 Å². The van der Waals surface area contributed by atoms with Crippen LogP contribution >= 0.6 is 0 Å². The monoisotopic (exact) mass is 495 g/mol. The van der Waals surface area contributed by atoms with Gasteiger partial charge in [0.2, 0.25) is 0 Å². The highest BCUT2D eigenvalue weighted by molar-refractivity contribution is 5.91. The van der Waals surface area contributed by atoms with E-state index in [0.717, 1.165) is 55.9 Å². The highest BCUT2D eigenvalue weighted by Crippen LogP contribution is 2.39. The van der Waals surface area contributed by atoms with Crippen LogP contribution in [0.25, 0.3) is 0 Å². The molecular formula is C28H34FN3O4. The topological polar surface area (TPSA) is 69.7 Å². The fraction of sp³-hybridized carbons (Fsp3) is 0.500. The Kier molecular flexibility index (Phi) is 7.14. The number of aryl methyl sites for hydroxylation is 2. The lowest BCUT2D eigenvalue weighted by Gasteiger charge is -2.46. The zero-order chi connectivity index (χ0) is 25.1. The number of carbonyl (C=O) groups excluding carboxylic acids is 1. The first-order valence-corrected chi connectivity index (χ1v) is 12.8. The van der Waals surface area contributed by atoms with Crippen LogP contribution in [0.15, 0.2) is 46.9 Å². The first-order valence-electron chi connectivity index (χ1n) is 12.8. The van der Waals surface area contributed by atoms with Crippen molar-refractivity contribution in [2.24, 2.45) is 5.92 Å². The van der Waals surface area contributed by atoms with Gasteiger partial charge in [-0.15, -0.1) is 0 Å². The van der Waals surface area contributed by atoms with Crippen molar-refractivity contribution in [3.05, 3.63) is 71.2 Å². The molecule has 0 bridgehead atoms. The lowest BCUT2D eigenvalue weighted by atomic mass is 9.78. The quantitative estimate of drug-likeness (QED) is 0.453. The summed E-state index contributed by atoms with van der Waals surface area (Å²) in [5.74, 6) is 1.99. The summed E-state index contributed by atoms with van der Waals surface area (Å²) in [7, 11) is 0. The lowest BCUT2D eigenvalue weighted by Crippen LogP contribution is -2.50. The molecule has 8 heteroatoms. The van der Waals surface area contributed by atoms with E-state index in [2.05, 4.69) is 5.10 Å². The molecule has 5 rings (SSSR count). The van der Waals surface area contributed by atoms with Gasteiger partial charge in [0.05, 0.1) is 24.4 Å². The Labute approximate surface area is 211 Å². The van der Waals surface area contributed by atoms with Crippen LogP contribution in [0.4, 0.5) is 4.39 Å². The molecule has 3 aromatic rings. The molecule has 2 aromatic heterocycles. The summed E-state index contributed by atoms with van der Waals surface area (Å²) in [6.07, 6.45) is 4.59. The minimum atomic E-state index is -0.259. The minimum absolute atomic E-state index is 0.0653. The molecule has 2 fully saturated rings. The summed E-state index contributed by atoms with van der Waals surface area (Å²) in [6, 6.07) is 11.8. The molecule has 4 heterocycles. The van der Waals surface area contributed by atoms with Crippen LogP contribution < -0.4 is 4.74 Å². The van der Waals surface area contributed by atoms with Crippen molar-refractivity contribution >= 4 is 5.91 Å². The van der Waals surface area contributed by atoms with Crippen LogP contribution in [0, 0.1) is 25.6 Å². The zero-order valence-corrected chi connectivity index (χ0v) is 21.0. The third kappa shape index (κ3) is 5.64. The minimum Gasteiger partial charge on any atom is -0.494 e. The molecular weight excluding hydrogens is 461 g/mol. The van der Waals surface area contributed by atoms with Gasteiger partial charge < -0.3 is 18.8 Å². The summed E-state index contributed by atoms with van der Waals surface area (Å²) < 4.78 is 32.9. The van der Waals surface area contributed by atoms with Gasteiger partial charge >= 0.3 is 0 Å². The number of aromatic nitrogens is 2. The second-order valence-corrected chi connectivity index (χ2v) is 10.1. The molecule has 2 aliphatic rings. The van der Waals surface area contributed by atoms with Crippen LogP contribution in [0.1, 0.15) is 59.8 Å². The molecule has 2 saturated heterocycles. The summed E-state index contributed by atoms with van der Waals surface area (Å²) in [6.45, 7) is 7.14. The molecule has 2 aliphatic heterocycles. The van der Waals surface area contributed by atoms with E-state index >= 15 is 0 Å². The maximum atomic E-state index is 13.1. The molecule has 1 aromatic carbocycles. The third-order valence-electron chi connectivity index (χ3n) is 7.45. The van der Waals surface area contributed by atoms with Crippen molar-refractivity contribution in [2.75, 3.05) is 26.3 Å². The Balaban J connectivity index is 1.11. The molecule has 192 valence electrons. The number of nitrogens with zero attached hydrogens (tertiary/aromatic N) is 3. The molecule has 36 heavy (non-hydrogen) atoms. The number of hydrogen-bond acceptors (Lipinski definition) is 5. The molecule has 0 radical (unpaired) electrons. The molecule has 0 N–H and O–H groups in total. The third-order valence-corrected chi connectivity index (χ3v) is 7.45. The van der Waals surface area contributed by atoms with Gasteiger partial charge in [-0.1, -0.05) is 0 Å². The van der Waals surface area contributed by atoms with Gasteiger partial charge in [-0.25, -0.2) is 4.39 Å². The Hall–Kier alpha value is -3.13. The van der Waals surface area contributed by atoms with E-state index in [1.165, 1.54) is 12.1 Å². The van der Waals surface area contributed by atoms with Crippen molar-refractivity contribution in [1.82, 2.24) is 14.7 Å². The van der Waals surface area contributed by atoms with Crippen molar-refractivity contribution < 1.29 is 23.1 Å². The maximum Gasteiger partial charge on any atom is 0.289 e. The zero-order valence-electron chi connectivity index (χ0n) is 21.0. The molecule has 1 atom stereocenters. The second kappa shape index (κ2) is 10.5. The van der Waals surface area contributed by atoms with E-state index in [1.54, 1.807) is 18.2 Å². The van der Waals surface area contributed by atoms with Crippen LogP contribution in [0.3, 0.4) is 0 Å². The predicted molar refractivity (Wildman–Crippen MR) is 133 cm³/mol. The van der Waals surface area contributed by atoms with Gasteiger partial charge in [-0.05, 0) is 94.3 Å². The van der Waals surface area contributed by atoms with Gasteiger partial charge in [-0.3, -0.25) is 9.48 Å². The van der Waals surface area contributed by atoms with E-state index < -0.39 is 0 Å². The Morgan fingerprint density at radius 1 is 1.17 bits per heavy atom. The van der Waals surface area contributed by atoms with Crippen LogP contribution in [-0.4, -0.2) is 52.5 Å². The Morgan fingerprint density at radius 2 is 1.94 bits per heavy atom. The number of halogens is 1. The largest absolute Gasteiger partial charge is 0.494 e. The Morgan fingerprint density at radius 3 is 2.67 bits per heavy atom. The van der Waals surface area contributed by atoms with Gasteiger partial charge in [0.15, 0.2) is 5.76 Å². The van der Waals surface area contributed by atoms with Crippen molar-refractivity contribution in [3.8, 4) is 5.75 Å². The number of likely N-dealkylation sites (tertiary alicyclic amines) is 1. The average Bonchev–Trinajstić information content (AvgIpc) is 3.46. The SMILES string of the molecule is Cc1cc(C)n(Cc2ccc(C(=O)N3CCC4(CC3)CC(CCOc3ccc(F)cc3)CCO4)o2)n1. The predicted octanol–water partition coefficient (Wildman–Crippen LogP) is 5.15. The van der Waals surface area contributed by atoms with Gasteiger partial charge in [-0.2, -0.15) is 5.10 Å². The first-order chi connectivity index (χ1) is 17.4. The summed E-state index contributed by atoms with van der Waals surface area (Å²) in [5, 5.41) is 4.47. The van der Waals surface area contributed by atoms with Crippen LogP contribution in [-0.2, 0) is 11.3 Å². The summed E-state index contributed by atoms with van der Waals surface area (Å²) >= 11 is 0. The molecule has 1 amide bonds. The number of piperidine rings is 1.